The molecule has 1 aliphatic rings. The number of nitrogens with one attached hydrogen (secondary N) is 1. The van der Waals surface area contributed by atoms with E-state index in [4.69, 9.17) is 5.11 Å². The molecule has 1 heterocycles. The third kappa shape index (κ3) is 1.47. The lowest BCUT2D eigenvalue weighted by atomic mass is 10.1. The zero-order chi connectivity index (χ0) is 10.3. The number of aromatic carboxylic acids is 1. The molecule has 0 saturated carbocycles. The van der Waals surface area contributed by atoms with E-state index in [9.17, 15) is 9.59 Å². The maximum atomic E-state index is 11.0. The lowest BCUT2D eigenvalue weighted by Gasteiger charge is -2.03. The summed E-state index contributed by atoms with van der Waals surface area (Å²) in [7, 11) is 0. The molecule has 5 heteroatoms. The van der Waals surface area contributed by atoms with Gasteiger partial charge in [0.05, 0.1) is 12.0 Å². The highest BCUT2D eigenvalue weighted by Gasteiger charge is 2.21. The normalized spacial score (nSPS) is 13.6. The predicted molar refractivity (Wildman–Crippen MR) is 58.5 cm³/mol. The van der Waals surface area contributed by atoms with Gasteiger partial charge >= 0.3 is 5.97 Å². The molecule has 1 aromatic rings. The zero-order valence-electron chi connectivity index (χ0n) is 7.00. The molecule has 0 aliphatic carbocycles. The number of hydrogen-bond acceptors (Lipinski definition) is 2. The Balaban J connectivity index is 2.55. The van der Waals surface area contributed by atoms with E-state index in [1.165, 1.54) is 6.07 Å². The van der Waals surface area contributed by atoms with Gasteiger partial charge in [-0.2, -0.15) is 0 Å². The highest BCUT2D eigenvalue weighted by molar-refractivity contribution is 14.1. The molecule has 2 rings (SSSR count). The second kappa shape index (κ2) is 3.23. The molecule has 0 aromatic heterocycles. The van der Waals surface area contributed by atoms with E-state index in [1.54, 1.807) is 6.07 Å². The number of benzene rings is 1. The Kier molecular flexibility index (Phi) is 2.18. The maximum Gasteiger partial charge on any atom is 0.336 e. The topological polar surface area (TPSA) is 66.4 Å². The Morgan fingerprint density at radius 1 is 1.50 bits per heavy atom. The smallest absolute Gasteiger partial charge is 0.336 e. The zero-order valence-corrected chi connectivity index (χ0v) is 9.16. The van der Waals surface area contributed by atoms with Gasteiger partial charge in [-0.25, -0.2) is 4.79 Å². The number of carbonyl (C=O) groups is 2. The van der Waals surface area contributed by atoms with Crippen LogP contribution in [-0.4, -0.2) is 17.0 Å². The second-order valence-corrected chi connectivity index (χ2v) is 4.18. The minimum atomic E-state index is -0.974. The summed E-state index contributed by atoms with van der Waals surface area (Å²) in [6.07, 6.45) is 0.339. The number of amides is 1. The lowest BCUT2D eigenvalue weighted by Crippen LogP contribution is -2.04. The number of carboxylic acids is 1. The van der Waals surface area contributed by atoms with E-state index >= 15 is 0 Å². The maximum absolute atomic E-state index is 11.0. The fourth-order valence-electron chi connectivity index (χ4n) is 1.41. The van der Waals surface area contributed by atoms with Crippen LogP contribution in [0.4, 0.5) is 5.69 Å². The van der Waals surface area contributed by atoms with Crippen LogP contribution in [0.15, 0.2) is 12.1 Å². The third-order valence-corrected chi connectivity index (χ3v) is 2.94. The van der Waals surface area contributed by atoms with Crippen LogP contribution < -0.4 is 5.32 Å². The van der Waals surface area contributed by atoms with Crippen molar-refractivity contribution in [1.29, 1.82) is 0 Å². The molecule has 2 N–H and O–H groups in total. The van der Waals surface area contributed by atoms with Crippen molar-refractivity contribution < 1.29 is 14.7 Å². The molecule has 14 heavy (non-hydrogen) atoms. The van der Waals surface area contributed by atoms with Gasteiger partial charge in [0.1, 0.15) is 0 Å². The number of fused-ring (bicyclic) bond motifs is 1. The molecular weight excluding hydrogens is 297 g/mol. The Labute approximate surface area is 93.4 Å². The van der Waals surface area contributed by atoms with Crippen molar-refractivity contribution in [1.82, 2.24) is 0 Å². The van der Waals surface area contributed by atoms with Gasteiger partial charge in [-0.1, -0.05) is 0 Å². The van der Waals surface area contributed by atoms with Crippen LogP contribution in [0.3, 0.4) is 0 Å². The molecule has 0 spiro atoms. The van der Waals surface area contributed by atoms with Crippen LogP contribution in [-0.2, 0) is 11.2 Å². The summed E-state index contributed by atoms with van der Waals surface area (Å²) in [6, 6.07) is 3.24. The number of rotatable bonds is 1. The van der Waals surface area contributed by atoms with Crippen molar-refractivity contribution in [2.24, 2.45) is 0 Å². The summed E-state index contributed by atoms with van der Waals surface area (Å²) in [5.74, 6) is -1.06. The standard InChI is InChI=1S/C9H6INO3/c10-6-1-4-2-8(12)11-7(4)3-5(6)9(13)14/h1,3H,2H2,(H,11,12)(H,13,14). The number of carboxylic acid groups (broad SMARTS) is 1. The van der Waals surface area contributed by atoms with E-state index in [-0.39, 0.29) is 11.5 Å². The molecule has 1 amide bonds. The number of hydrogen-bond donors (Lipinski definition) is 2. The van der Waals surface area contributed by atoms with Gasteiger partial charge in [0.2, 0.25) is 5.91 Å². The molecular formula is C9H6INO3. The molecule has 1 aromatic carbocycles. The van der Waals surface area contributed by atoms with Crippen molar-refractivity contribution in [3.63, 3.8) is 0 Å². The largest absolute Gasteiger partial charge is 0.478 e. The van der Waals surface area contributed by atoms with Crippen molar-refractivity contribution in [3.8, 4) is 0 Å². The van der Waals surface area contributed by atoms with E-state index in [2.05, 4.69) is 5.32 Å². The summed E-state index contributed by atoms with van der Waals surface area (Å²) in [5.41, 5.74) is 1.71. The Morgan fingerprint density at radius 3 is 2.86 bits per heavy atom. The van der Waals surface area contributed by atoms with Crippen LogP contribution in [0, 0.1) is 3.57 Å². The van der Waals surface area contributed by atoms with E-state index in [1.807, 2.05) is 22.6 Å². The Bertz CT molecular complexity index is 442. The molecule has 4 nitrogen and oxygen atoms in total. The van der Waals surface area contributed by atoms with Crippen LogP contribution in [0.2, 0.25) is 0 Å². The van der Waals surface area contributed by atoms with Crippen molar-refractivity contribution >= 4 is 40.2 Å². The second-order valence-electron chi connectivity index (χ2n) is 3.02. The van der Waals surface area contributed by atoms with Crippen molar-refractivity contribution in [2.75, 3.05) is 5.32 Å². The van der Waals surface area contributed by atoms with Gasteiger partial charge in [0.25, 0.3) is 0 Å². The minimum Gasteiger partial charge on any atom is -0.478 e. The summed E-state index contributed by atoms with van der Waals surface area (Å²) in [4.78, 5) is 21.8. The van der Waals surface area contributed by atoms with Crippen molar-refractivity contribution in [2.45, 2.75) is 6.42 Å². The van der Waals surface area contributed by atoms with Gasteiger partial charge < -0.3 is 10.4 Å². The number of carbonyl (C=O) groups excluding carboxylic acids is 1. The first-order chi connectivity index (χ1) is 6.58. The monoisotopic (exact) mass is 303 g/mol. The Hall–Kier alpha value is -1.11. The van der Waals surface area contributed by atoms with Gasteiger partial charge in [0, 0.05) is 9.26 Å². The molecule has 1 aliphatic heterocycles. The Morgan fingerprint density at radius 2 is 2.21 bits per heavy atom. The van der Waals surface area contributed by atoms with Crippen LogP contribution in [0.25, 0.3) is 0 Å². The molecule has 72 valence electrons. The molecule has 0 radical (unpaired) electrons. The highest BCUT2D eigenvalue weighted by Crippen LogP contribution is 2.27. The summed E-state index contributed by atoms with van der Waals surface area (Å²) >= 11 is 1.96. The first-order valence-electron chi connectivity index (χ1n) is 3.93. The fourth-order valence-corrected chi connectivity index (χ4v) is 2.17. The average Bonchev–Trinajstić information content (AvgIpc) is 2.42. The molecule has 0 atom stereocenters. The molecule has 0 bridgehead atoms. The van der Waals surface area contributed by atoms with Gasteiger partial charge in [-0.15, -0.1) is 0 Å². The van der Waals surface area contributed by atoms with Gasteiger partial charge in [-0.05, 0) is 40.3 Å². The summed E-state index contributed by atoms with van der Waals surface area (Å²) < 4.78 is 0.658. The first kappa shape index (κ1) is 9.45. The van der Waals surface area contributed by atoms with Gasteiger partial charge in [0.15, 0.2) is 0 Å². The quantitative estimate of drug-likeness (QED) is 0.772. The number of anilines is 1. The van der Waals surface area contributed by atoms with Crippen LogP contribution in [0.1, 0.15) is 15.9 Å². The average molecular weight is 303 g/mol. The predicted octanol–water partition coefficient (Wildman–Crippen LogP) is 1.48. The van der Waals surface area contributed by atoms with E-state index in [0.29, 0.717) is 15.7 Å². The first-order valence-corrected chi connectivity index (χ1v) is 5.01. The van der Waals surface area contributed by atoms with Gasteiger partial charge in [-0.3, -0.25) is 4.79 Å². The summed E-state index contributed by atoms with van der Waals surface area (Å²) in [5, 5.41) is 11.5. The lowest BCUT2D eigenvalue weighted by molar-refractivity contribution is -0.115. The third-order valence-electron chi connectivity index (χ3n) is 2.05. The summed E-state index contributed by atoms with van der Waals surface area (Å²) in [6.45, 7) is 0. The fraction of sp³-hybridized carbons (Fsp3) is 0.111. The van der Waals surface area contributed by atoms with Crippen LogP contribution >= 0.6 is 22.6 Å². The van der Waals surface area contributed by atoms with E-state index < -0.39 is 5.97 Å². The molecule has 0 saturated heterocycles. The number of halogens is 1. The van der Waals surface area contributed by atoms with Crippen molar-refractivity contribution in [3.05, 3.63) is 26.8 Å². The SMILES string of the molecule is O=C1Cc2cc(I)c(C(=O)O)cc2N1. The van der Waals surface area contributed by atoms with Crippen LogP contribution in [0.5, 0.6) is 0 Å². The van der Waals surface area contributed by atoms with E-state index in [0.717, 1.165) is 5.56 Å². The molecule has 0 fully saturated rings. The minimum absolute atomic E-state index is 0.0849. The molecule has 0 unspecified atom stereocenters. The highest BCUT2D eigenvalue weighted by atomic mass is 127.